The lowest BCUT2D eigenvalue weighted by molar-refractivity contribution is 0.513. The molecular formula is C11H19ClN2S. The topological polar surface area (TPSA) is 24.9 Å². The van der Waals surface area contributed by atoms with Gasteiger partial charge in [0, 0.05) is 16.8 Å². The quantitative estimate of drug-likeness (QED) is 0.799. The Morgan fingerprint density at radius 3 is 2.47 bits per heavy atom. The van der Waals surface area contributed by atoms with Crippen LogP contribution in [0.25, 0.3) is 0 Å². The normalized spacial score (nSPS) is 13.2. The number of hydrogen-bond acceptors (Lipinski definition) is 3. The predicted octanol–water partition coefficient (Wildman–Crippen LogP) is 3.83. The van der Waals surface area contributed by atoms with Crippen LogP contribution in [0.2, 0.25) is 0 Å². The molecule has 0 saturated heterocycles. The Morgan fingerprint density at radius 2 is 2.07 bits per heavy atom. The number of hydrogen-bond donors (Lipinski definition) is 1. The van der Waals surface area contributed by atoms with Gasteiger partial charge in [-0.3, -0.25) is 0 Å². The Balaban J connectivity index is 2.65. The molecule has 0 spiro atoms. The maximum atomic E-state index is 5.79. The Morgan fingerprint density at radius 1 is 1.40 bits per heavy atom. The van der Waals surface area contributed by atoms with Crippen LogP contribution in [0.4, 0.5) is 5.13 Å². The van der Waals surface area contributed by atoms with Gasteiger partial charge in [0.1, 0.15) is 0 Å². The van der Waals surface area contributed by atoms with Gasteiger partial charge in [-0.2, -0.15) is 0 Å². The van der Waals surface area contributed by atoms with Gasteiger partial charge in [0.15, 0.2) is 5.13 Å². The molecule has 2 nitrogen and oxygen atoms in total. The summed E-state index contributed by atoms with van der Waals surface area (Å²) in [7, 11) is 0. The highest BCUT2D eigenvalue weighted by Crippen LogP contribution is 2.23. The van der Waals surface area contributed by atoms with Gasteiger partial charge in [-0.25, -0.2) is 4.98 Å². The van der Waals surface area contributed by atoms with Crippen molar-refractivity contribution in [1.82, 2.24) is 4.98 Å². The van der Waals surface area contributed by atoms with Gasteiger partial charge in [0.25, 0.3) is 0 Å². The molecule has 0 radical (unpaired) electrons. The molecule has 0 saturated carbocycles. The van der Waals surface area contributed by atoms with Gasteiger partial charge in [0.05, 0.1) is 5.69 Å². The van der Waals surface area contributed by atoms with E-state index < -0.39 is 0 Å². The first-order valence-corrected chi connectivity index (χ1v) is 6.66. The SMILES string of the molecule is Cc1nc(NC(CCCl)C(C)C)sc1C. The average Bonchev–Trinajstić information content (AvgIpc) is 2.45. The summed E-state index contributed by atoms with van der Waals surface area (Å²) < 4.78 is 0. The lowest BCUT2D eigenvalue weighted by Gasteiger charge is -2.20. The third-order valence-electron chi connectivity index (χ3n) is 2.56. The number of nitrogens with zero attached hydrogens (tertiary/aromatic N) is 1. The van der Waals surface area contributed by atoms with Crippen LogP contribution >= 0.6 is 22.9 Å². The molecule has 1 unspecified atom stereocenters. The lowest BCUT2D eigenvalue weighted by Crippen LogP contribution is -2.26. The minimum Gasteiger partial charge on any atom is -0.358 e. The van der Waals surface area contributed by atoms with E-state index in [2.05, 4.69) is 31.1 Å². The molecule has 1 heterocycles. The van der Waals surface area contributed by atoms with Gasteiger partial charge in [-0.1, -0.05) is 13.8 Å². The summed E-state index contributed by atoms with van der Waals surface area (Å²) in [5.41, 5.74) is 1.12. The zero-order valence-corrected chi connectivity index (χ0v) is 11.4. The van der Waals surface area contributed by atoms with Crippen LogP contribution < -0.4 is 5.32 Å². The largest absolute Gasteiger partial charge is 0.358 e. The zero-order valence-electron chi connectivity index (χ0n) is 9.80. The summed E-state index contributed by atoms with van der Waals surface area (Å²) in [6.07, 6.45) is 0.983. The summed E-state index contributed by atoms with van der Waals surface area (Å²) >= 11 is 7.51. The molecule has 0 bridgehead atoms. The summed E-state index contributed by atoms with van der Waals surface area (Å²) in [6, 6.07) is 0.424. The Labute approximate surface area is 101 Å². The molecule has 86 valence electrons. The van der Waals surface area contributed by atoms with Crippen molar-refractivity contribution in [2.24, 2.45) is 5.92 Å². The van der Waals surface area contributed by atoms with Crippen molar-refractivity contribution < 1.29 is 0 Å². The Bertz CT molecular complexity index is 290. The summed E-state index contributed by atoms with van der Waals surface area (Å²) in [5.74, 6) is 1.27. The van der Waals surface area contributed by atoms with E-state index in [0.717, 1.165) is 17.2 Å². The van der Waals surface area contributed by atoms with Gasteiger partial charge < -0.3 is 5.32 Å². The van der Waals surface area contributed by atoms with E-state index in [0.29, 0.717) is 17.8 Å². The Hall–Kier alpha value is -0.280. The zero-order chi connectivity index (χ0) is 11.4. The second kappa shape index (κ2) is 5.71. The molecule has 0 fully saturated rings. The first-order valence-electron chi connectivity index (χ1n) is 5.31. The van der Waals surface area contributed by atoms with Gasteiger partial charge >= 0.3 is 0 Å². The molecule has 0 aliphatic heterocycles. The minimum atomic E-state index is 0.424. The first kappa shape index (κ1) is 12.8. The van der Waals surface area contributed by atoms with Gasteiger partial charge in [0.2, 0.25) is 0 Å². The highest BCUT2D eigenvalue weighted by Gasteiger charge is 2.14. The molecule has 0 amide bonds. The van der Waals surface area contributed by atoms with Crippen LogP contribution in [-0.4, -0.2) is 16.9 Å². The average molecular weight is 247 g/mol. The fourth-order valence-corrected chi connectivity index (χ4v) is 2.49. The molecule has 1 atom stereocenters. The van der Waals surface area contributed by atoms with E-state index in [9.17, 15) is 0 Å². The van der Waals surface area contributed by atoms with E-state index >= 15 is 0 Å². The second-order valence-electron chi connectivity index (χ2n) is 4.13. The smallest absolute Gasteiger partial charge is 0.183 e. The number of aromatic nitrogens is 1. The second-order valence-corrected chi connectivity index (χ2v) is 5.71. The van der Waals surface area contributed by atoms with Crippen molar-refractivity contribution in [2.75, 3.05) is 11.2 Å². The van der Waals surface area contributed by atoms with Crippen LogP contribution in [0.15, 0.2) is 0 Å². The van der Waals surface area contributed by atoms with E-state index in [-0.39, 0.29) is 0 Å². The first-order chi connectivity index (χ1) is 7.04. The molecular weight excluding hydrogens is 228 g/mol. The molecule has 0 aliphatic rings. The van der Waals surface area contributed by atoms with Crippen LogP contribution in [0.1, 0.15) is 30.8 Å². The van der Waals surface area contributed by atoms with Gasteiger partial charge in [-0.15, -0.1) is 22.9 Å². The standard InChI is InChI=1S/C11H19ClN2S/c1-7(2)10(5-6-12)14-11-13-8(3)9(4)15-11/h7,10H,5-6H2,1-4H3,(H,13,14). The molecule has 1 aromatic heterocycles. The third-order valence-corrected chi connectivity index (χ3v) is 3.78. The Kier molecular flexibility index (Phi) is 4.87. The number of anilines is 1. The number of halogens is 1. The highest BCUT2D eigenvalue weighted by atomic mass is 35.5. The van der Waals surface area contributed by atoms with E-state index in [1.54, 1.807) is 11.3 Å². The van der Waals surface area contributed by atoms with Crippen molar-refractivity contribution in [3.8, 4) is 0 Å². The molecule has 1 rings (SSSR count). The van der Waals surface area contributed by atoms with Crippen molar-refractivity contribution in [3.05, 3.63) is 10.6 Å². The molecule has 0 aliphatic carbocycles. The van der Waals surface area contributed by atoms with Crippen LogP contribution in [-0.2, 0) is 0 Å². The number of nitrogens with one attached hydrogen (secondary N) is 1. The summed E-state index contributed by atoms with van der Waals surface area (Å²) in [5, 5.41) is 4.49. The summed E-state index contributed by atoms with van der Waals surface area (Å²) in [4.78, 5) is 5.76. The maximum absolute atomic E-state index is 5.79. The number of thiazole rings is 1. The molecule has 1 N–H and O–H groups in total. The number of aryl methyl sites for hydroxylation is 2. The van der Waals surface area contributed by atoms with E-state index in [1.165, 1.54) is 4.88 Å². The molecule has 1 aromatic rings. The van der Waals surface area contributed by atoms with Crippen LogP contribution in [0, 0.1) is 19.8 Å². The monoisotopic (exact) mass is 246 g/mol. The van der Waals surface area contributed by atoms with Crippen molar-refractivity contribution >= 4 is 28.1 Å². The lowest BCUT2D eigenvalue weighted by atomic mass is 10.0. The van der Waals surface area contributed by atoms with Crippen molar-refractivity contribution in [1.29, 1.82) is 0 Å². The van der Waals surface area contributed by atoms with E-state index in [4.69, 9.17) is 11.6 Å². The maximum Gasteiger partial charge on any atom is 0.183 e. The van der Waals surface area contributed by atoms with Gasteiger partial charge in [-0.05, 0) is 26.2 Å². The number of rotatable bonds is 5. The van der Waals surface area contributed by atoms with Crippen LogP contribution in [0.5, 0.6) is 0 Å². The van der Waals surface area contributed by atoms with Crippen molar-refractivity contribution in [3.63, 3.8) is 0 Å². The fraction of sp³-hybridized carbons (Fsp3) is 0.727. The third kappa shape index (κ3) is 3.65. The van der Waals surface area contributed by atoms with Crippen LogP contribution in [0.3, 0.4) is 0 Å². The predicted molar refractivity (Wildman–Crippen MR) is 69.2 cm³/mol. The molecule has 4 heteroatoms. The minimum absolute atomic E-state index is 0.424. The molecule has 0 aromatic carbocycles. The molecule has 15 heavy (non-hydrogen) atoms. The summed E-state index contributed by atoms with van der Waals surface area (Å²) in [6.45, 7) is 8.56. The highest BCUT2D eigenvalue weighted by molar-refractivity contribution is 7.15. The van der Waals surface area contributed by atoms with E-state index in [1.807, 2.05) is 6.92 Å². The number of alkyl halides is 1. The van der Waals surface area contributed by atoms with Crippen molar-refractivity contribution in [2.45, 2.75) is 40.2 Å². The fourth-order valence-electron chi connectivity index (χ4n) is 1.38.